The molecule has 2 heterocycles. The SMILES string of the molecule is COc1ccc2c3c1O[C@H]1C(OC(=O)C(C)NC(=O)[C@H](C)O)=CC[C@@]4(O)[C@@H](C2)N(C)CC[C@]314. The molecule has 4 aliphatic rings. The van der Waals surface area contributed by atoms with Gasteiger partial charge in [0.1, 0.15) is 17.9 Å². The quantitative estimate of drug-likeness (QED) is 0.543. The number of likely N-dealkylation sites (N-methyl/N-ethyl adjacent to an activating group) is 1. The third-order valence-corrected chi connectivity index (χ3v) is 7.87. The summed E-state index contributed by atoms with van der Waals surface area (Å²) in [7, 11) is 3.61. The number of benzene rings is 1. The molecule has 1 amide bonds. The van der Waals surface area contributed by atoms with E-state index in [2.05, 4.69) is 10.2 Å². The maximum atomic E-state index is 12.8. The molecule has 9 nitrogen and oxygen atoms in total. The van der Waals surface area contributed by atoms with Gasteiger partial charge in [-0.1, -0.05) is 6.07 Å². The summed E-state index contributed by atoms with van der Waals surface area (Å²) >= 11 is 0. The Kier molecular flexibility index (Phi) is 5.00. The van der Waals surface area contributed by atoms with Crippen molar-refractivity contribution < 1.29 is 34.0 Å². The summed E-state index contributed by atoms with van der Waals surface area (Å²) in [5.74, 6) is 0.192. The summed E-state index contributed by atoms with van der Waals surface area (Å²) in [5, 5.41) is 24.0. The molecule has 1 aromatic rings. The van der Waals surface area contributed by atoms with Crippen molar-refractivity contribution >= 4 is 11.9 Å². The van der Waals surface area contributed by atoms with Gasteiger partial charge in [0.2, 0.25) is 5.91 Å². The van der Waals surface area contributed by atoms with Crippen molar-refractivity contribution in [1.82, 2.24) is 10.2 Å². The lowest BCUT2D eigenvalue weighted by Crippen LogP contribution is -2.74. The highest BCUT2D eigenvalue weighted by Crippen LogP contribution is 2.65. The molecule has 1 spiro atoms. The van der Waals surface area contributed by atoms with Crippen LogP contribution in [0.4, 0.5) is 0 Å². The summed E-state index contributed by atoms with van der Waals surface area (Å²) in [6, 6.07) is 2.86. The number of ether oxygens (including phenoxy) is 3. The number of aliphatic hydroxyl groups is 2. The fourth-order valence-electron chi connectivity index (χ4n) is 6.19. The molecule has 0 radical (unpaired) electrons. The van der Waals surface area contributed by atoms with Crippen molar-refractivity contribution in [1.29, 1.82) is 0 Å². The van der Waals surface area contributed by atoms with Gasteiger partial charge in [0.05, 0.1) is 18.1 Å². The second kappa shape index (κ2) is 7.44. The van der Waals surface area contributed by atoms with Crippen LogP contribution in [0.25, 0.3) is 0 Å². The topological polar surface area (TPSA) is 118 Å². The number of amides is 1. The number of rotatable bonds is 5. The van der Waals surface area contributed by atoms with E-state index in [0.717, 1.165) is 17.7 Å². The first-order valence-corrected chi connectivity index (χ1v) is 11.3. The maximum absolute atomic E-state index is 12.8. The number of piperidine rings is 1. The number of methoxy groups -OCH3 is 1. The van der Waals surface area contributed by atoms with Gasteiger partial charge in [-0.05, 0) is 58.0 Å². The number of carbonyl (C=O) groups excluding carboxylic acids is 2. The first kappa shape index (κ1) is 22.2. The fraction of sp³-hybridized carbons (Fsp3) is 0.583. The largest absolute Gasteiger partial charge is 0.493 e. The molecule has 2 aliphatic carbocycles. The molecule has 5 rings (SSSR count). The molecular formula is C24H30N2O7. The maximum Gasteiger partial charge on any atom is 0.333 e. The summed E-state index contributed by atoms with van der Waals surface area (Å²) < 4.78 is 17.8. The third-order valence-electron chi connectivity index (χ3n) is 7.87. The zero-order valence-electron chi connectivity index (χ0n) is 19.3. The predicted octanol–water partition coefficient (Wildman–Crippen LogP) is 0.402. The first-order chi connectivity index (χ1) is 15.6. The predicted molar refractivity (Wildman–Crippen MR) is 117 cm³/mol. The molecule has 1 aromatic carbocycles. The lowest BCUT2D eigenvalue weighted by atomic mass is 9.50. The first-order valence-electron chi connectivity index (χ1n) is 11.3. The Bertz CT molecular complexity index is 1050. The Labute approximate surface area is 192 Å². The van der Waals surface area contributed by atoms with E-state index in [1.807, 2.05) is 19.2 Å². The Morgan fingerprint density at radius 3 is 2.79 bits per heavy atom. The van der Waals surface area contributed by atoms with Gasteiger partial charge in [0.25, 0.3) is 0 Å². The highest BCUT2D eigenvalue weighted by atomic mass is 16.6. The van der Waals surface area contributed by atoms with Crippen LogP contribution in [-0.4, -0.2) is 77.6 Å². The van der Waals surface area contributed by atoms with Crippen LogP contribution in [0.3, 0.4) is 0 Å². The van der Waals surface area contributed by atoms with Crippen LogP contribution in [0.2, 0.25) is 0 Å². The molecule has 1 unspecified atom stereocenters. The zero-order chi connectivity index (χ0) is 23.7. The Balaban J connectivity index is 1.54. The number of hydrogen-bond donors (Lipinski definition) is 3. The van der Waals surface area contributed by atoms with E-state index < -0.39 is 41.1 Å². The third kappa shape index (κ3) is 2.88. The van der Waals surface area contributed by atoms with E-state index >= 15 is 0 Å². The standard InChI is InChI=1S/C24H30N2O7/c1-12(25-21(28)13(2)27)22(29)32-16-7-8-24(30)17-11-14-5-6-15(31-4)19-18(14)23(24,20(16)33-19)9-10-26(17)3/h5-7,12-13,17,20,27,30H,8-11H2,1-4H3,(H,25,28)/t12?,13-,17+,20-,23-,24+/m0/s1. The van der Waals surface area contributed by atoms with Gasteiger partial charge in [-0.25, -0.2) is 4.79 Å². The van der Waals surface area contributed by atoms with E-state index in [1.165, 1.54) is 13.8 Å². The van der Waals surface area contributed by atoms with Crippen molar-refractivity contribution in [2.45, 2.75) is 68.4 Å². The second-order valence-electron chi connectivity index (χ2n) is 9.61. The highest BCUT2D eigenvalue weighted by Gasteiger charge is 2.72. The Morgan fingerprint density at radius 1 is 1.33 bits per heavy atom. The molecule has 178 valence electrons. The summed E-state index contributed by atoms with van der Waals surface area (Å²) in [5.41, 5.74) is 0.214. The van der Waals surface area contributed by atoms with Crippen LogP contribution < -0.4 is 14.8 Å². The fourth-order valence-corrected chi connectivity index (χ4v) is 6.19. The van der Waals surface area contributed by atoms with Crippen LogP contribution in [0.1, 0.15) is 37.8 Å². The molecule has 6 atom stereocenters. The van der Waals surface area contributed by atoms with Crippen LogP contribution in [0.5, 0.6) is 11.5 Å². The average Bonchev–Trinajstić information content (AvgIpc) is 3.13. The Hall–Kier alpha value is -2.62. The summed E-state index contributed by atoms with van der Waals surface area (Å²) in [6.45, 7) is 3.59. The van der Waals surface area contributed by atoms with E-state index in [9.17, 15) is 19.8 Å². The molecule has 9 heteroatoms. The van der Waals surface area contributed by atoms with Gasteiger partial charge in [-0.15, -0.1) is 0 Å². The van der Waals surface area contributed by atoms with Gasteiger partial charge >= 0.3 is 5.97 Å². The molecule has 1 saturated heterocycles. The van der Waals surface area contributed by atoms with Crippen LogP contribution in [-0.2, 0) is 26.2 Å². The molecule has 2 aliphatic heterocycles. The number of esters is 1. The van der Waals surface area contributed by atoms with E-state index in [1.54, 1.807) is 13.2 Å². The van der Waals surface area contributed by atoms with E-state index in [-0.39, 0.29) is 6.04 Å². The van der Waals surface area contributed by atoms with Crippen molar-refractivity contribution in [2.24, 2.45) is 0 Å². The van der Waals surface area contributed by atoms with Gasteiger partial charge in [-0.3, -0.25) is 4.79 Å². The van der Waals surface area contributed by atoms with Crippen molar-refractivity contribution in [2.75, 3.05) is 20.7 Å². The summed E-state index contributed by atoms with van der Waals surface area (Å²) in [4.78, 5) is 26.8. The molecule has 0 aromatic heterocycles. The number of nitrogens with zero attached hydrogens (tertiary/aromatic N) is 1. The lowest BCUT2D eigenvalue weighted by Gasteiger charge is -2.61. The molecule has 2 bridgehead atoms. The van der Waals surface area contributed by atoms with Crippen molar-refractivity contribution in [3.8, 4) is 11.5 Å². The second-order valence-corrected chi connectivity index (χ2v) is 9.61. The van der Waals surface area contributed by atoms with Gasteiger partial charge in [0, 0.05) is 18.0 Å². The Morgan fingerprint density at radius 2 is 2.09 bits per heavy atom. The van der Waals surface area contributed by atoms with Crippen LogP contribution in [0, 0.1) is 0 Å². The molecule has 1 fully saturated rings. The number of nitrogens with one attached hydrogen (secondary N) is 1. The monoisotopic (exact) mass is 458 g/mol. The normalized spacial score (nSPS) is 33.2. The number of aliphatic hydroxyl groups excluding tert-OH is 1. The molecule has 3 N–H and O–H groups in total. The van der Waals surface area contributed by atoms with Crippen LogP contribution >= 0.6 is 0 Å². The lowest BCUT2D eigenvalue weighted by molar-refractivity contribution is -0.170. The summed E-state index contributed by atoms with van der Waals surface area (Å²) in [6.07, 6.45) is 1.45. The zero-order valence-corrected chi connectivity index (χ0v) is 19.3. The van der Waals surface area contributed by atoms with Gasteiger partial charge in [0.15, 0.2) is 17.6 Å². The number of carbonyl (C=O) groups is 2. The minimum Gasteiger partial charge on any atom is -0.493 e. The van der Waals surface area contributed by atoms with Gasteiger partial charge in [-0.2, -0.15) is 0 Å². The number of hydrogen-bond acceptors (Lipinski definition) is 8. The van der Waals surface area contributed by atoms with E-state index in [0.29, 0.717) is 36.5 Å². The van der Waals surface area contributed by atoms with Crippen molar-refractivity contribution in [3.63, 3.8) is 0 Å². The highest BCUT2D eigenvalue weighted by molar-refractivity contribution is 5.86. The molecule has 0 saturated carbocycles. The van der Waals surface area contributed by atoms with Crippen LogP contribution in [0.15, 0.2) is 24.0 Å². The average molecular weight is 459 g/mol. The van der Waals surface area contributed by atoms with Crippen molar-refractivity contribution in [3.05, 3.63) is 35.1 Å². The minimum atomic E-state index is -1.24. The number of likely N-dealkylation sites (tertiary alicyclic amines) is 1. The molecular weight excluding hydrogens is 428 g/mol. The van der Waals surface area contributed by atoms with E-state index in [4.69, 9.17) is 14.2 Å². The smallest absolute Gasteiger partial charge is 0.333 e. The van der Waals surface area contributed by atoms with Gasteiger partial charge < -0.3 is 34.6 Å². The minimum absolute atomic E-state index is 0.0954. The molecule has 33 heavy (non-hydrogen) atoms.